The molecule has 0 saturated heterocycles. The van der Waals surface area contributed by atoms with Crippen molar-refractivity contribution >= 4 is 16.9 Å². The van der Waals surface area contributed by atoms with Gasteiger partial charge >= 0.3 is 5.97 Å². The van der Waals surface area contributed by atoms with Crippen LogP contribution < -0.4 is 10.3 Å². The highest BCUT2D eigenvalue weighted by molar-refractivity contribution is 5.88. The van der Waals surface area contributed by atoms with Crippen LogP contribution in [0.4, 0.5) is 0 Å². The highest BCUT2D eigenvalue weighted by atomic mass is 16.5. The molecule has 0 fully saturated rings. The largest absolute Gasteiger partial charge is 0.495 e. The molecule has 0 N–H and O–H groups in total. The number of nitrogens with zero attached hydrogens (tertiary/aromatic N) is 1. The molecule has 0 spiro atoms. The Morgan fingerprint density at radius 3 is 2.56 bits per heavy atom. The summed E-state index contributed by atoms with van der Waals surface area (Å²) in [4.78, 5) is 24.7. The quantitative estimate of drug-likeness (QED) is 0.672. The molecule has 25 heavy (non-hydrogen) atoms. The first-order valence-corrected chi connectivity index (χ1v) is 7.97. The summed E-state index contributed by atoms with van der Waals surface area (Å²) >= 11 is 0. The Morgan fingerprint density at radius 1 is 1.08 bits per heavy atom. The van der Waals surface area contributed by atoms with Crippen molar-refractivity contribution in [1.82, 2.24) is 4.57 Å². The van der Waals surface area contributed by atoms with Gasteiger partial charge in [0, 0.05) is 11.5 Å². The Balaban J connectivity index is 1.90. The van der Waals surface area contributed by atoms with Crippen molar-refractivity contribution in [1.29, 1.82) is 0 Å². The fourth-order valence-electron chi connectivity index (χ4n) is 2.80. The molecule has 0 amide bonds. The first kappa shape index (κ1) is 16.8. The fourth-order valence-corrected chi connectivity index (χ4v) is 2.80. The molecular formula is C20H19NO4. The van der Waals surface area contributed by atoms with Crippen LogP contribution in [-0.2, 0) is 22.7 Å². The van der Waals surface area contributed by atoms with E-state index in [0.29, 0.717) is 11.3 Å². The minimum atomic E-state index is -0.470. The van der Waals surface area contributed by atoms with E-state index in [9.17, 15) is 9.59 Å². The normalized spacial score (nSPS) is 10.6. The number of hydrogen-bond acceptors (Lipinski definition) is 4. The maximum atomic E-state index is 12.4. The van der Waals surface area contributed by atoms with E-state index in [4.69, 9.17) is 9.47 Å². The number of rotatable bonds is 5. The summed E-state index contributed by atoms with van der Waals surface area (Å²) in [6, 6.07) is 16.5. The SMILES string of the molecule is COc1cccc2c(C)cc(=O)n(CC(=O)OCc3ccccc3)c12. The summed E-state index contributed by atoms with van der Waals surface area (Å²) in [5.74, 6) is 0.0798. The average Bonchev–Trinajstić information content (AvgIpc) is 2.63. The van der Waals surface area contributed by atoms with Crippen molar-refractivity contribution in [3.8, 4) is 5.75 Å². The molecule has 0 unspecified atom stereocenters. The molecular weight excluding hydrogens is 318 g/mol. The van der Waals surface area contributed by atoms with Crippen LogP contribution in [-0.4, -0.2) is 17.6 Å². The highest BCUT2D eigenvalue weighted by Gasteiger charge is 2.14. The zero-order valence-corrected chi connectivity index (χ0v) is 14.2. The van der Waals surface area contributed by atoms with E-state index in [1.54, 1.807) is 13.2 Å². The van der Waals surface area contributed by atoms with Gasteiger partial charge in [0.1, 0.15) is 18.9 Å². The number of benzene rings is 2. The Bertz CT molecular complexity index is 961. The summed E-state index contributed by atoms with van der Waals surface area (Å²) < 4.78 is 12.1. The molecule has 0 aliphatic heterocycles. The van der Waals surface area contributed by atoms with Crippen LogP contribution in [0.3, 0.4) is 0 Å². The summed E-state index contributed by atoms with van der Waals surface area (Å²) in [7, 11) is 1.54. The van der Waals surface area contributed by atoms with Crippen molar-refractivity contribution in [2.24, 2.45) is 0 Å². The maximum Gasteiger partial charge on any atom is 0.326 e. The third-order valence-electron chi connectivity index (χ3n) is 4.05. The van der Waals surface area contributed by atoms with Crippen LogP contribution in [0.25, 0.3) is 10.9 Å². The van der Waals surface area contributed by atoms with Gasteiger partial charge in [-0.25, -0.2) is 0 Å². The van der Waals surface area contributed by atoms with Gasteiger partial charge in [-0.3, -0.25) is 14.2 Å². The summed E-state index contributed by atoms with van der Waals surface area (Å²) in [5.41, 5.74) is 2.08. The number of fused-ring (bicyclic) bond motifs is 1. The third-order valence-corrected chi connectivity index (χ3v) is 4.05. The lowest BCUT2D eigenvalue weighted by Gasteiger charge is -2.14. The van der Waals surface area contributed by atoms with Crippen LogP contribution >= 0.6 is 0 Å². The number of aromatic nitrogens is 1. The molecule has 3 rings (SSSR count). The Hall–Kier alpha value is -3.08. The molecule has 5 heteroatoms. The van der Waals surface area contributed by atoms with Gasteiger partial charge in [-0.15, -0.1) is 0 Å². The molecule has 128 valence electrons. The van der Waals surface area contributed by atoms with Crippen LogP contribution in [0, 0.1) is 6.92 Å². The van der Waals surface area contributed by atoms with Gasteiger partial charge in [0.05, 0.1) is 12.6 Å². The van der Waals surface area contributed by atoms with Crippen LogP contribution in [0.5, 0.6) is 5.75 Å². The molecule has 1 aromatic heterocycles. The van der Waals surface area contributed by atoms with Gasteiger partial charge in [-0.2, -0.15) is 0 Å². The molecule has 5 nitrogen and oxygen atoms in total. The predicted octanol–water partition coefficient (Wildman–Crippen LogP) is 3.06. The number of esters is 1. The van der Waals surface area contributed by atoms with Crippen molar-refractivity contribution in [3.63, 3.8) is 0 Å². The molecule has 2 aromatic carbocycles. The van der Waals surface area contributed by atoms with E-state index in [0.717, 1.165) is 16.5 Å². The second-order valence-corrected chi connectivity index (χ2v) is 5.75. The van der Waals surface area contributed by atoms with E-state index < -0.39 is 5.97 Å². The standard InChI is InChI=1S/C20H19NO4/c1-14-11-18(22)21(20-16(14)9-6-10-17(20)24-2)12-19(23)25-13-15-7-4-3-5-8-15/h3-11H,12-13H2,1-2H3. The lowest BCUT2D eigenvalue weighted by atomic mass is 10.1. The molecule has 0 atom stereocenters. The number of para-hydroxylation sites is 1. The topological polar surface area (TPSA) is 57.5 Å². The molecule has 0 aliphatic carbocycles. The fraction of sp³-hybridized carbons (Fsp3) is 0.200. The van der Waals surface area contributed by atoms with Crippen molar-refractivity contribution < 1.29 is 14.3 Å². The highest BCUT2D eigenvalue weighted by Crippen LogP contribution is 2.26. The molecule has 3 aromatic rings. The first-order chi connectivity index (χ1) is 12.1. The van der Waals surface area contributed by atoms with Gasteiger partial charge in [0.15, 0.2) is 0 Å². The van der Waals surface area contributed by atoms with E-state index in [1.807, 2.05) is 49.4 Å². The summed E-state index contributed by atoms with van der Waals surface area (Å²) in [6.45, 7) is 1.87. The van der Waals surface area contributed by atoms with Gasteiger partial charge in [0.25, 0.3) is 5.56 Å². The van der Waals surface area contributed by atoms with Crippen LogP contribution in [0.15, 0.2) is 59.4 Å². The number of aryl methyl sites for hydroxylation is 1. The van der Waals surface area contributed by atoms with E-state index in [2.05, 4.69) is 0 Å². The van der Waals surface area contributed by atoms with Gasteiger partial charge in [-0.1, -0.05) is 42.5 Å². The number of pyridine rings is 1. The van der Waals surface area contributed by atoms with E-state index in [-0.39, 0.29) is 18.7 Å². The lowest BCUT2D eigenvalue weighted by molar-refractivity contribution is -0.145. The van der Waals surface area contributed by atoms with Crippen LogP contribution in [0.1, 0.15) is 11.1 Å². The lowest BCUT2D eigenvalue weighted by Crippen LogP contribution is -2.26. The number of carbonyl (C=O) groups is 1. The second-order valence-electron chi connectivity index (χ2n) is 5.75. The first-order valence-electron chi connectivity index (χ1n) is 7.97. The zero-order chi connectivity index (χ0) is 17.8. The van der Waals surface area contributed by atoms with E-state index in [1.165, 1.54) is 10.6 Å². The molecule has 1 heterocycles. The maximum absolute atomic E-state index is 12.4. The van der Waals surface area contributed by atoms with Gasteiger partial charge < -0.3 is 9.47 Å². The van der Waals surface area contributed by atoms with Crippen molar-refractivity contribution in [2.45, 2.75) is 20.1 Å². The minimum Gasteiger partial charge on any atom is -0.495 e. The number of methoxy groups -OCH3 is 1. The molecule has 0 bridgehead atoms. The number of carbonyl (C=O) groups excluding carboxylic acids is 1. The monoisotopic (exact) mass is 337 g/mol. The third kappa shape index (κ3) is 3.55. The van der Waals surface area contributed by atoms with E-state index >= 15 is 0 Å². The Labute approximate surface area is 145 Å². The van der Waals surface area contributed by atoms with Crippen molar-refractivity contribution in [3.05, 3.63) is 76.1 Å². The molecule has 0 saturated carbocycles. The number of ether oxygens (including phenoxy) is 2. The van der Waals surface area contributed by atoms with Crippen LogP contribution in [0.2, 0.25) is 0 Å². The van der Waals surface area contributed by atoms with Gasteiger partial charge in [-0.05, 0) is 24.1 Å². The van der Waals surface area contributed by atoms with Gasteiger partial charge in [0.2, 0.25) is 0 Å². The minimum absolute atomic E-state index is 0.164. The predicted molar refractivity (Wildman–Crippen MR) is 95.7 cm³/mol. The summed E-state index contributed by atoms with van der Waals surface area (Å²) in [6.07, 6.45) is 0. The number of hydrogen-bond donors (Lipinski definition) is 0. The molecule has 0 aliphatic rings. The van der Waals surface area contributed by atoms with Crippen molar-refractivity contribution in [2.75, 3.05) is 7.11 Å². The Morgan fingerprint density at radius 2 is 1.84 bits per heavy atom. The Kier molecular flexibility index (Phi) is 4.84. The smallest absolute Gasteiger partial charge is 0.326 e. The molecule has 0 radical (unpaired) electrons. The average molecular weight is 337 g/mol. The zero-order valence-electron chi connectivity index (χ0n) is 14.2. The summed E-state index contributed by atoms with van der Waals surface area (Å²) in [5, 5.41) is 0.870. The second kappa shape index (κ2) is 7.21.